The first kappa shape index (κ1) is 26.2. The molecule has 3 aromatic rings. The Balaban J connectivity index is 1.46. The molecule has 1 aliphatic heterocycles. The number of nitrogens with zero attached hydrogens (tertiary/aromatic N) is 3. The number of hydrogen-bond donors (Lipinski definition) is 1. The molecular formula is C29H34N4O4S. The Morgan fingerprint density at radius 1 is 1.29 bits per heavy atom. The molecule has 1 aliphatic carbocycles. The number of nitro groups is 1. The minimum Gasteiger partial charge on any atom is -0.467 e. The van der Waals surface area contributed by atoms with Gasteiger partial charge in [0.2, 0.25) is 0 Å². The van der Waals surface area contributed by atoms with Crippen molar-refractivity contribution in [1.82, 2.24) is 5.32 Å². The van der Waals surface area contributed by atoms with Gasteiger partial charge in [-0.15, -0.1) is 11.3 Å². The van der Waals surface area contributed by atoms with Crippen LogP contribution in [0.15, 0.2) is 46.0 Å². The minimum absolute atomic E-state index is 0.0887. The summed E-state index contributed by atoms with van der Waals surface area (Å²) in [6.07, 6.45) is 8.11. The summed E-state index contributed by atoms with van der Waals surface area (Å²) in [5, 5.41) is 15.5. The van der Waals surface area contributed by atoms with Crippen molar-refractivity contribution in [2.45, 2.75) is 59.4 Å². The molecule has 1 saturated heterocycles. The molecule has 2 aliphatic rings. The first-order chi connectivity index (χ1) is 18.2. The number of hydrogen-bond acceptors (Lipinski definition) is 7. The molecule has 0 spiro atoms. The number of benzene rings is 1. The summed E-state index contributed by atoms with van der Waals surface area (Å²) in [5.41, 5.74) is 3.26. The molecule has 2 aromatic heterocycles. The number of carbonyl (C=O) groups excluding carboxylic acids is 1. The summed E-state index contributed by atoms with van der Waals surface area (Å²) >= 11 is 1.56. The highest BCUT2D eigenvalue weighted by atomic mass is 32.1. The molecule has 38 heavy (non-hydrogen) atoms. The summed E-state index contributed by atoms with van der Waals surface area (Å²) in [6, 6.07) is 8.88. The molecule has 8 nitrogen and oxygen atoms in total. The van der Waals surface area contributed by atoms with Gasteiger partial charge in [0.1, 0.15) is 16.4 Å². The fourth-order valence-corrected chi connectivity index (χ4v) is 6.70. The molecule has 0 bridgehead atoms. The predicted octanol–water partition coefficient (Wildman–Crippen LogP) is 6.68. The van der Waals surface area contributed by atoms with Crippen LogP contribution in [-0.4, -0.2) is 30.1 Å². The van der Waals surface area contributed by atoms with Crippen molar-refractivity contribution >= 4 is 39.8 Å². The van der Waals surface area contributed by atoms with E-state index in [9.17, 15) is 14.9 Å². The van der Waals surface area contributed by atoms with Crippen molar-refractivity contribution in [1.29, 1.82) is 0 Å². The zero-order chi connectivity index (χ0) is 26.9. The Kier molecular flexibility index (Phi) is 7.38. The van der Waals surface area contributed by atoms with Gasteiger partial charge < -0.3 is 14.6 Å². The second-order valence-corrected chi connectivity index (χ2v) is 12.3. The quantitative estimate of drug-likeness (QED) is 0.207. The zero-order valence-corrected chi connectivity index (χ0v) is 23.0. The maximum Gasteiger partial charge on any atom is 0.293 e. The molecular weight excluding hydrogens is 500 g/mol. The van der Waals surface area contributed by atoms with Gasteiger partial charge in [0.25, 0.3) is 11.6 Å². The first-order valence-electron chi connectivity index (χ1n) is 13.2. The number of amides is 1. The Morgan fingerprint density at radius 3 is 2.76 bits per heavy atom. The third kappa shape index (κ3) is 5.53. The van der Waals surface area contributed by atoms with Crippen LogP contribution < -0.4 is 10.2 Å². The fourth-order valence-electron chi connectivity index (χ4n) is 5.43. The average Bonchev–Trinajstić information content (AvgIpc) is 3.66. The molecule has 0 radical (unpaired) electrons. The second kappa shape index (κ2) is 10.7. The molecule has 200 valence electrons. The van der Waals surface area contributed by atoms with Gasteiger partial charge in [-0.05, 0) is 72.8 Å². The molecule has 1 fully saturated rings. The van der Waals surface area contributed by atoms with E-state index in [1.807, 2.05) is 18.2 Å². The lowest BCUT2D eigenvalue weighted by Gasteiger charge is -2.33. The Bertz CT molecular complexity index is 1350. The Labute approximate surface area is 226 Å². The van der Waals surface area contributed by atoms with Crippen LogP contribution >= 0.6 is 11.3 Å². The minimum atomic E-state index is -0.324. The molecule has 9 heteroatoms. The van der Waals surface area contributed by atoms with Crippen molar-refractivity contribution < 1.29 is 14.1 Å². The first-order valence-corrected chi connectivity index (χ1v) is 14.0. The van der Waals surface area contributed by atoms with Gasteiger partial charge in [-0.25, -0.2) is 4.99 Å². The van der Waals surface area contributed by atoms with Gasteiger partial charge in [-0.3, -0.25) is 14.9 Å². The maximum atomic E-state index is 13.4. The number of nitrogens with one attached hydrogen (secondary N) is 1. The lowest BCUT2D eigenvalue weighted by molar-refractivity contribution is -0.384. The van der Waals surface area contributed by atoms with Crippen molar-refractivity contribution in [2.75, 3.05) is 18.0 Å². The van der Waals surface area contributed by atoms with Crippen LogP contribution in [0.5, 0.6) is 0 Å². The largest absolute Gasteiger partial charge is 0.467 e. The van der Waals surface area contributed by atoms with Crippen molar-refractivity contribution in [3.8, 4) is 0 Å². The Hall–Kier alpha value is -3.46. The number of aliphatic imine (C=N–C) groups is 1. The standard InChI is InChI=1S/C29H34N4O4S/c1-29(2,3)20-9-10-22-25(16-20)38-28(26(22)27(34)30-18-21-7-6-14-37-21)31-17-19-8-11-23(24(15-19)33(35)36)32-12-4-5-13-32/h6-8,11,14-15,17,20H,4-5,9-10,12-13,16,18H2,1-3H3,(H,30,34)/t20-/m1/s1. The third-order valence-electron chi connectivity index (χ3n) is 7.68. The molecule has 1 aromatic carbocycles. The second-order valence-electron chi connectivity index (χ2n) is 11.2. The number of nitro benzene ring substituents is 1. The normalized spacial score (nSPS) is 17.7. The highest BCUT2D eigenvalue weighted by molar-refractivity contribution is 7.16. The zero-order valence-electron chi connectivity index (χ0n) is 22.2. The number of rotatable bonds is 7. The van der Waals surface area contributed by atoms with Crippen LogP contribution in [0.3, 0.4) is 0 Å². The highest BCUT2D eigenvalue weighted by Gasteiger charge is 2.33. The van der Waals surface area contributed by atoms with Gasteiger partial charge in [0.05, 0.1) is 23.3 Å². The van der Waals surface area contributed by atoms with E-state index in [0.717, 1.165) is 50.8 Å². The van der Waals surface area contributed by atoms with Gasteiger partial charge in [-0.1, -0.05) is 26.8 Å². The molecule has 0 saturated carbocycles. The van der Waals surface area contributed by atoms with E-state index in [1.165, 1.54) is 4.88 Å². The van der Waals surface area contributed by atoms with Crippen molar-refractivity contribution in [2.24, 2.45) is 16.3 Å². The lowest BCUT2D eigenvalue weighted by atomic mass is 9.72. The fraction of sp³-hybridized carbons (Fsp3) is 0.448. The number of furan rings is 1. The van der Waals surface area contributed by atoms with Crippen LogP contribution in [0, 0.1) is 21.4 Å². The molecule has 0 unspecified atom stereocenters. The van der Waals surface area contributed by atoms with Gasteiger partial charge in [0.15, 0.2) is 0 Å². The number of fused-ring (bicyclic) bond motifs is 1. The summed E-state index contributed by atoms with van der Waals surface area (Å²) in [6.45, 7) is 8.78. The van der Waals surface area contributed by atoms with E-state index in [1.54, 1.807) is 35.9 Å². The number of carbonyl (C=O) groups is 1. The number of thiophene rings is 1. The van der Waals surface area contributed by atoms with Gasteiger partial charge in [-0.2, -0.15) is 0 Å². The van der Waals surface area contributed by atoms with E-state index in [0.29, 0.717) is 40.0 Å². The van der Waals surface area contributed by atoms with Crippen LogP contribution in [0.4, 0.5) is 16.4 Å². The summed E-state index contributed by atoms with van der Waals surface area (Å²) < 4.78 is 5.38. The van der Waals surface area contributed by atoms with E-state index in [4.69, 9.17) is 9.41 Å². The van der Waals surface area contributed by atoms with Crippen LogP contribution in [0.25, 0.3) is 0 Å². The van der Waals surface area contributed by atoms with E-state index in [2.05, 4.69) is 31.0 Å². The molecule has 3 heterocycles. The average molecular weight is 535 g/mol. The highest BCUT2D eigenvalue weighted by Crippen LogP contribution is 2.45. The van der Waals surface area contributed by atoms with Crippen molar-refractivity contribution in [3.63, 3.8) is 0 Å². The van der Waals surface area contributed by atoms with Crippen LogP contribution in [-0.2, 0) is 19.4 Å². The third-order valence-corrected chi connectivity index (χ3v) is 8.84. The Morgan fingerprint density at radius 2 is 2.08 bits per heavy atom. The topological polar surface area (TPSA) is 101 Å². The van der Waals surface area contributed by atoms with E-state index < -0.39 is 0 Å². The molecule has 1 atom stereocenters. The van der Waals surface area contributed by atoms with Gasteiger partial charge in [0, 0.05) is 30.2 Å². The smallest absolute Gasteiger partial charge is 0.293 e. The SMILES string of the molecule is CC(C)(C)[C@@H]1CCc2c(sc(N=Cc3ccc(N4CCCC4)c([N+](=O)[O-])c3)c2C(=O)NCc2ccco2)C1. The van der Waals surface area contributed by atoms with E-state index in [-0.39, 0.29) is 21.9 Å². The monoisotopic (exact) mass is 534 g/mol. The summed E-state index contributed by atoms with van der Waals surface area (Å²) in [7, 11) is 0. The molecule has 1 amide bonds. The molecule has 1 N–H and O–H groups in total. The lowest BCUT2D eigenvalue weighted by Crippen LogP contribution is -2.28. The van der Waals surface area contributed by atoms with Crippen LogP contribution in [0.2, 0.25) is 0 Å². The van der Waals surface area contributed by atoms with Crippen molar-refractivity contribution in [3.05, 3.63) is 74.0 Å². The maximum absolute atomic E-state index is 13.4. The van der Waals surface area contributed by atoms with Crippen LogP contribution in [0.1, 0.15) is 72.2 Å². The predicted molar refractivity (Wildman–Crippen MR) is 151 cm³/mol. The summed E-state index contributed by atoms with van der Waals surface area (Å²) in [5.74, 6) is 1.05. The summed E-state index contributed by atoms with van der Waals surface area (Å²) in [4.78, 5) is 32.9. The number of anilines is 1. The van der Waals surface area contributed by atoms with E-state index >= 15 is 0 Å². The molecule has 5 rings (SSSR count). The van der Waals surface area contributed by atoms with Gasteiger partial charge >= 0.3 is 0 Å².